The highest BCUT2D eigenvalue weighted by Crippen LogP contribution is 2.18. The molecule has 0 spiro atoms. The molecule has 6 nitrogen and oxygen atoms in total. The van der Waals surface area contributed by atoms with E-state index in [4.69, 9.17) is 4.74 Å². The molecule has 7 heteroatoms. The van der Waals surface area contributed by atoms with Gasteiger partial charge in [-0.05, 0) is 43.5 Å². The summed E-state index contributed by atoms with van der Waals surface area (Å²) in [6.45, 7) is 7.84. The summed E-state index contributed by atoms with van der Waals surface area (Å²) in [7, 11) is 3.54. The van der Waals surface area contributed by atoms with Crippen LogP contribution in [0.4, 0.5) is 5.69 Å². The van der Waals surface area contributed by atoms with E-state index in [1.54, 1.807) is 7.11 Å². The molecule has 1 heterocycles. The van der Waals surface area contributed by atoms with Crippen molar-refractivity contribution in [2.24, 2.45) is 4.99 Å². The van der Waals surface area contributed by atoms with E-state index < -0.39 is 0 Å². The van der Waals surface area contributed by atoms with Crippen LogP contribution in [-0.4, -0.2) is 63.8 Å². The zero-order valence-corrected chi connectivity index (χ0v) is 20.0. The van der Waals surface area contributed by atoms with Gasteiger partial charge in [-0.15, -0.1) is 24.0 Å². The first-order chi connectivity index (χ1) is 13.3. The smallest absolute Gasteiger partial charge is 0.191 e. The van der Waals surface area contributed by atoms with Crippen LogP contribution in [0.2, 0.25) is 0 Å². The Morgan fingerprint density at radius 3 is 2.64 bits per heavy atom. The molecule has 1 aliphatic heterocycles. The molecule has 0 bridgehead atoms. The molecule has 28 heavy (non-hydrogen) atoms. The molecule has 0 aromatic heterocycles. The van der Waals surface area contributed by atoms with Crippen LogP contribution in [0.3, 0.4) is 0 Å². The van der Waals surface area contributed by atoms with E-state index in [0.29, 0.717) is 6.61 Å². The van der Waals surface area contributed by atoms with Crippen LogP contribution in [0.5, 0.6) is 0 Å². The predicted octanol–water partition coefficient (Wildman–Crippen LogP) is 3.29. The van der Waals surface area contributed by atoms with Gasteiger partial charge in [0.15, 0.2) is 5.96 Å². The van der Waals surface area contributed by atoms with Gasteiger partial charge in [-0.3, -0.25) is 9.89 Å². The second-order valence-corrected chi connectivity index (χ2v) is 7.06. The second kappa shape index (κ2) is 14.9. The minimum atomic E-state index is 0. The van der Waals surface area contributed by atoms with Crippen molar-refractivity contribution in [3.63, 3.8) is 0 Å². The van der Waals surface area contributed by atoms with E-state index in [-0.39, 0.29) is 24.0 Å². The lowest BCUT2D eigenvalue weighted by Crippen LogP contribution is -2.45. The molecule has 1 aromatic carbocycles. The van der Waals surface area contributed by atoms with Crippen molar-refractivity contribution in [3.05, 3.63) is 29.8 Å². The molecular weight excluding hydrogens is 465 g/mol. The van der Waals surface area contributed by atoms with E-state index in [0.717, 1.165) is 43.9 Å². The van der Waals surface area contributed by atoms with Crippen molar-refractivity contribution < 1.29 is 4.74 Å². The monoisotopic (exact) mass is 503 g/mol. The SMILES string of the molecule is CCC1CCCCN1CCNC(=NC)NCc1ccc(NCCOC)cc1.I. The number of nitrogens with one attached hydrogen (secondary N) is 3. The highest BCUT2D eigenvalue weighted by atomic mass is 127. The highest BCUT2D eigenvalue weighted by Gasteiger charge is 2.19. The Morgan fingerprint density at radius 2 is 1.96 bits per heavy atom. The Bertz CT molecular complexity index is 552. The number of ether oxygens (including phenoxy) is 1. The molecular formula is C21H38IN5O. The largest absolute Gasteiger partial charge is 0.383 e. The van der Waals surface area contributed by atoms with Gasteiger partial charge in [0.05, 0.1) is 6.61 Å². The summed E-state index contributed by atoms with van der Waals surface area (Å²) in [6.07, 6.45) is 5.31. The summed E-state index contributed by atoms with van der Waals surface area (Å²) in [5.74, 6) is 0.863. The van der Waals surface area contributed by atoms with E-state index in [1.165, 1.54) is 37.8 Å². The molecule has 0 radical (unpaired) electrons. The number of halogens is 1. The predicted molar refractivity (Wildman–Crippen MR) is 130 cm³/mol. The quantitative estimate of drug-likeness (QED) is 0.198. The number of benzene rings is 1. The maximum Gasteiger partial charge on any atom is 0.191 e. The first-order valence-corrected chi connectivity index (χ1v) is 10.3. The number of aliphatic imine (C=N–C) groups is 1. The minimum Gasteiger partial charge on any atom is -0.383 e. The van der Waals surface area contributed by atoms with E-state index in [2.05, 4.69) is 57.0 Å². The first kappa shape index (κ1) is 25.0. The number of likely N-dealkylation sites (tertiary alicyclic amines) is 1. The van der Waals surface area contributed by atoms with Crippen molar-refractivity contribution in [1.29, 1.82) is 0 Å². The number of methoxy groups -OCH3 is 1. The number of rotatable bonds is 10. The minimum absolute atomic E-state index is 0. The van der Waals surface area contributed by atoms with Crippen LogP contribution in [-0.2, 0) is 11.3 Å². The molecule has 160 valence electrons. The summed E-state index contributed by atoms with van der Waals surface area (Å²) in [5.41, 5.74) is 2.35. The molecule has 3 N–H and O–H groups in total. The zero-order valence-electron chi connectivity index (χ0n) is 17.7. The number of anilines is 1. The van der Waals surface area contributed by atoms with Gasteiger partial charge in [0, 0.05) is 52.1 Å². The van der Waals surface area contributed by atoms with Gasteiger partial charge < -0.3 is 20.7 Å². The summed E-state index contributed by atoms with van der Waals surface area (Å²) in [4.78, 5) is 6.97. The molecule has 1 fully saturated rings. The van der Waals surface area contributed by atoms with Crippen LogP contribution >= 0.6 is 24.0 Å². The average Bonchev–Trinajstić information content (AvgIpc) is 2.72. The normalized spacial score (nSPS) is 17.7. The lowest BCUT2D eigenvalue weighted by molar-refractivity contribution is 0.147. The Kier molecular flexibility index (Phi) is 13.3. The Labute approximate surface area is 187 Å². The molecule has 1 aromatic rings. The average molecular weight is 503 g/mol. The van der Waals surface area contributed by atoms with Crippen LogP contribution in [0.15, 0.2) is 29.3 Å². The Balaban J connectivity index is 0.00000392. The van der Waals surface area contributed by atoms with E-state index in [9.17, 15) is 0 Å². The molecule has 0 saturated carbocycles. The van der Waals surface area contributed by atoms with Crippen molar-refractivity contribution in [2.75, 3.05) is 52.3 Å². The molecule has 0 aliphatic carbocycles. The number of guanidine groups is 1. The second-order valence-electron chi connectivity index (χ2n) is 7.06. The van der Waals surface area contributed by atoms with Crippen molar-refractivity contribution in [2.45, 2.75) is 45.2 Å². The van der Waals surface area contributed by atoms with Crippen LogP contribution in [0, 0.1) is 0 Å². The third-order valence-corrected chi connectivity index (χ3v) is 5.18. The molecule has 1 unspecified atom stereocenters. The Hall–Kier alpha value is -1.06. The number of hydrogen-bond donors (Lipinski definition) is 3. The lowest BCUT2D eigenvalue weighted by atomic mass is 10.0. The molecule has 1 aliphatic rings. The third kappa shape index (κ3) is 8.96. The fourth-order valence-corrected chi connectivity index (χ4v) is 3.58. The number of nitrogens with zero attached hydrogens (tertiary/aromatic N) is 2. The fraction of sp³-hybridized carbons (Fsp3) is 0.667. The number of piperidine rings is 1. The molecule has 1 atom stereocenters. The summed E-state index contributed by atoms with van der Waals surface area (Å²) < 4.78 is 5.05. The summed E-state index contributed by atoms with van der Waals surface area (Å²) >= 11 is 0. The topological polar surface area (TPSA) is 60.9 Å². The van der Waals surface area contributed by atoms with Gasteiger partial charge in [0.25, 0.3) is 0 Å². The highest BCUT2D eigenvalue weighted by molar-refractivity contribution is 14.0. The van der Waals surface area contributed by atoms with Crippen LogP contribution in [0.1, 0.15) is 38.2 Å². The molecule has 1 saturated heterocycles. The van der Waals surface area contributed by atoms with Gasteiger partial charge in [0.1, 0.15) is 0 Å². The van der Waals surface area contributed by atoms with Gasteiger partial charge in [-0.25, -0.2) is 0 Å². The molecule has 0 amide bonds. The van der Waals surface area contributed by atoms with Gasteiger partial charge >= 0.3 is 0 Å². The van der Waals surface area contributed by atoms with Crippen molar-refractivity contribution >= 4 is 35.6 Å². The zero-order chi connectivity index (χ0) is 19.3. The van der Waals surface area contributed by atoms with Gasteiger partial charge in [-0.2, -0.15) is 0 Å². The maximum atomic E-state index is 5.05. The standard InChI is InChI=1S/C21H37N5O.HI/c1-4-20-7-5-6-14-26(20)15-12-24-21(22-2)25-17-18-8-10-19(11-9-18)23-13-16-27-3;/h8-11,20,23H,4-7,12-17H2,1-3H3,(H2,22,24,25);1H. The van der Waals surface area contributed by atoms with Crippen molar-refractivity contribution in [3.8, 4) is 0 Å². The number of hydrogen-bond acceptors (Lipinski definition) is 4. The van der Waals surface area contributed by atoms with E-state index in [1.807, 2.05) is 7.05 Å². The van der Waals surface area contributed by atoms with Gasteiger partial charge in [-0.1, -0.05) is 25.5 Å². The van der Waals surface area contributed by atoms with Crippen molar-refractivity contribution in [1.82, 2.24) is 15.5 Å². The Morgan fingerprint density at radius 1 is 1.18 bits per heavy atom. The van der Waals surface area contributed by atoms with E-state index >= 15 is 0 Å². The van der Waals surface area contributed by atoms with Crippen LogP contribution in [0.25, 0.3) is 0 Å². The summed E-state index contributed by atoms with van der Waals surface area (Å²) in [5, 5.41) is 10.2. The maximum absolute atomic E-state index is 5.05. The summed E-state index contributed by atoms with van der Waals surface area (Å²) in [6, 6.07) is 9.23. The fourth-order valence-electron chi connectivity index (χ4n) is 3.58. The van der Waals surface area contributed by atoms with Crippen LogP contribution < -0.4 is 16.0 Å². The molecule has 2 rings (SSSR count). The first-order valence-electron chi connectivity index (χ1n) is 10.3. The van der Waals surface area contributed by atoms with Gasteiger partial charge in [0.2, 0.25) is 0 Å². The third-order valence-electron chi connectivity index (χ3n) is 5.18. The lowest BCUT2D eigenvalue weighted by Gasteiger charge is -2.35.